The third-order valence-corrected chi connectivity index (χ3v) is 12.3. The molecule has 2 saturated heterocycles. The highest BCUT2D eigenvalue weighted by atomic mass is 32.1. The van der Waals surface area contributed by atoms with Gasteiger partial charge in [-0.2, -0.15) is 0 Å². The largest absolute Gasteiger partial charge is 0.492 e. The summed E-state index contributed by atoms with van der Waals surface area (Å²) in [7, 11) is 0. The first-order chi connectivity index (χ1) is 26.1. The van der Waals surface area contributed by atoms with Crippen LogP contribution in [0.5, 0.6) is 17.2 Å². The van der Waals surface area contributed by atoms with Gasteiger partial charge in [-0.25, -0.2) is 4.39 Å². The molecule has 3 aliphatic rings. The summed E-state index contributed by atoms with van der Waals surface area (Å²) in [6, 6.07) is 29.0. The lowest BCUT2D eigenvalue weighted by Gasteiger charge is -2.41. The van der Waals surface area contributed by atoms with E-state index in [2.05, 4.69) is 9.80 Å². The van der Waals surface area contributed by atoms with Crippen LogP contribution in [0.3, 0.4) is 0 Å². The minimum absolute atomic E-state index is 0.0456. The SMILES string of the molecule is O=C(c1ccc(O[C@@H]2CCCC[C@H]2N2CCCCC2)c(F)c1)c1c(-c2ccc(OCCN3CCCC3)cc2)sc2cc(OCc3ccccc3)ccc12. The van der Waals surface area contributed by atoms with Gasteiger partial charge in [0.25, 0.3) is 0 Å². The first-order valence-corrected chi connectivity index (χ1v) is 20.3. The van der Waals surface area contributed by atoms with Crippen LogP contribution in [0.1, 0.15) is 79.3 Å². The second-order valence-electron chi connectivity index (χ2n) is 14.7. The Bertz CT molecular complexity index is 1990. The summed E-state index contributed by atoms with van der Waals surface area (Å²) < 4.78 is 35.5. The number of halogens is 1. The molecule has 6 nitrogen and oxygen atoms in total. The molecule has 1 aliphatic carbocycles. The average molecular weight is 733 g/mol. The minimum atomic E-state index is -0.494. The van der Waals surface area contributed by atoms with Crippen molar-refractivity contribution in [2.75, 3.05) is 39.3 Å². The van der Waals surface area contributed by atoms with Crippen molar-refractivity contribution in [3.05, 3.63) is 114 Å². The second-order valence-corrected chi connectivity index (χ2v) is 15.8. The van der Waals surface area contributed by atoms with Gasteiger partial charge >= 0.3 is 0 Å². The molecule has 53 heavy (non-hydrogen) atoms. The number of hydrogen-bond acceptors (Lipinski definition) is 7. The zero-order valence-electron chi connectivity index (χ0n) is 30.4. The Morgan fingerprint density at radius 2 is 1.51 bits per heavy atom. The van der Waals surface area contributed by atoms with Gasteiger partial charge in [0.2, 0.25) is 0 Å². The summed E-state index contributed by atoms with van der Waals surface area (Å²) in [6.45, 7) is 6.48. The number of thiophene rings is 1. The normalized spacial score (nSPS) is 19.7. The van der Waals surface area contributed by atoms with Gasteiger partial charge in [0.1, 0.15) is 30.8 Å². The summed E-state index contributed by atoms with van der Waals surface area (Å²) in [5.74, 6) is 1.05. The molecule has 0 bridgehead atoms. The molecule has 2 atom stereocenters. The highest BCUT2D eigenvalue weighted by Crippen LogP contribution is 2.42. The minimum Gasteiger partial charge on any atom is -0.492 e. The molecule has 5 aromatic rings. The maximum absolute atomic E-state index is 15.9. The molecule has 0 spiro atoms. The van der Waals surface area contributed by atoms with Gasteiger partial charge in [-0.3, -0.25) is 14.6 Å². The lowest BCUT2D eigenvalue weighted by atomic mass is 9.90. The maximum atomic E-state index is 15.9. The quantitative estimate of drug-likeness (QED) is 0.112. The third-order valence-electron chi connectivity index (χ3n) is 11.1. The topological polar surface area (TPSA) is 51.2 Å². The van der Waals surface area contributed by atoms with E-state index in [1.54, 1.807) is 23.5 Å². The van der Waals surface area contributed by atoms with Gasteiger partial charge in [0.05, 0.1) is 0 Å². The smallest absolute Gasteiger partial charge is 0.195 e. The summed E-state index contributed by atoms with van der Waals surface area (Å²) in [4.78, 5) is 20.3. The van der Waals surface area contributed by atoms with Gasteiger partial charge in [-0.15, -0.1) is 11.3 Å². The third kappa shape index (κ3) is 8.45. The van der Waals surface area contributed by atoms with Gasteiger partial charge in [0.15, 0.2) is 17.3 Å². The fraction of sp³-hybridized carbons (Fsp3) is 0.400. The van der Waals surface area contributed by atoms with Crippen LogP contribution >= 0.6 is 11.3 Å². The number of fused-ring (bicyclic) bond motifs is 1. The molecule has 0 N–H and O–H groups in total. The van der Waals surface area contributed by atoms with Crippen LogP contribution in [-0.2, 0) is 6.61 Å². The van der Waals surface area contributed by atoms with Gasteiger partial charge in [-0.05, 0) is 143 Å². The number of piperidine rings is 1. The van der Waals surface area contributed by atoms with Crippen LogP contribution in [0.25, 0.3) is 20.5 Å². The van der Waals surface area contributed by atoms with E-state index in [1.807, 2.05) is 72.8 Å². The lowest BCUT2D eigenvalue weighted by Crippen LogP contribution is -2.49. The highest BCUT2D eigenvalue weighted by Gasteiger charge is 2.33. The number of rotatable bonds is 13. The molecular formula is C45H49FN2O4S. The molecular weight excluding hydrogens is 684 g/mol. The fourth-order valence-corrected chi connectivity index (χ4v) is 9.50. The van der Waals surface area contributed by atoms with E-state index in [0.29, 0.717) is 30.4 Å². The molecule has 8 rings (SSSR count). The van der Waals surface area contributed by atoms with E-state index in [1.165, 1.54) is 44.6 Å². The van der Waals surface area contributed by atoms with Crippen molar-refractivity contribution in [2.24, 2.45) is 0 Å². The van der Waals surface area contributed by atoms with E-state index in [4.69, 9.17) is 14.2 Å². The van der Waals surface area contributed by atoms with E-state index < -0.39 is 5.82 Å². The Morgan fingerprint density at radius 1 is 0.755 bits per heavy atom. The summed E-state index contributed by atoms with van der Waals surface area (Å²) in [6.07, 6.45) is 10.5. The number of hydrogen-bond donors (Lipinski definition) is 0. The predicted molar refractivity (Wildman–Crippen MR) is 211 cm³/mol. The molecule has 0 radical (unpaired) electrons. The van der Waals surface area contributed by atoms with Crippen molar-refractivity contribution in [3.63, 3.8) is 0 Å². The first kappa shape index (κ1) is 35.8. The van der Waals surface area contributed by atoms with Crippen LogP contribution in [0, 0.1) is 5.82 Å². The molecule has 0 unspecified atom stereocenters. The summed E-state index contributed by atoms with van der Waals surface area (Å²) >= 11 is 1.55. The molecule has 1 aromatic heterocycles. The predicted octanol–water partition coefficient (Wildman–Crippen LogP) is 10.2. The number of nitrogens with zero attached hydrogens (tertiary/aromatic N) is 2. The molecule has 4 aromatic carbocycles. The Labute approximate surface area is 316 Å². The molecule has 2 aliphatic heterocycles. The number of likely N-dealkylation sites (tertiary alicyclic amines) is 2. The van der Waals surface area contributed by atoms with E-state index in [9.17, 15) is 4.79 Å². The van der Waals surface area contributed by atoms with Crippen LogP contribution in [0.15, 0.2) is 91.0 Å². The fourth-order valence-electron chi connectivity index (χ4n) is 8.27. The van der Waals surface area contributed by atoms with Crippen molar-refractivity contribution in [3.8, 4) is 27.7 Å². The molecule has 3 heterocycles. The molecule has 3 fully saturated rings. The summed E-state index contributed by atoms with van der Waals surface area (Å²) in [5, 5.41) is 0.820. The number of carbonyl (C=O) groups is 1. The van der Waals surface area contributed by atoms with Crippen molar-refractivity contribution in [1.82, 2.24) is 9.80 Å². The van der Waals surface area contributed by atoms with Crippen LogP contribution in [0.2, 0.25) is 0 Å². The molecule has 1 saturated carbocycles. The standard InChI is InChI=1S/C45H49FN2O4S/c46-38-29-34(17-22-40(38)52-41-14-6-5-13-39(41)48-25-7-2-8-26-48)44(49)43-37-21-20-36(51-31-32-11-3-1-4-12-32)30-42(37)53-45(43)33-15-18-35(19-16-33)50-28-27-47-23-9-10-24-47/h1,3-4,11-12,15-22,29-30,39,41H,2,5-10,13-14,23-28,31H2/t39-,41-/m1/s1. The number of carbonyl (C=O) groups excluding carboxylic acids is 1. The van der Waals surface area contributed by atoms with Crippen molar-refractivity contribution in [1.29, 1.82) is 0 Å². The molecule has 276 valence electrons. The van der Waals surface area contributed by atoms with Crippen LogP contribution < -0.4 is 14.2 Å². The van der Waals surface area contributed by atoms with Gasteiger partial charge in [0, 0.05) is 38.7 Å². The van der Waals surface area contributed by atoms with Gasteiger partial charge in [-0.1, -0.05) is 43.2 Å². The zero-order chi connectivity index (χ0) is 36.0. The lowest BCUT2D eigenvalue weighted by molar-refractivity contribution is 0.0242. The Morgan fingerprint density at radius 3 is 2.30 bits per heavy atom. The Kier molecular flexibility index (Phi) is 11.4. The first-order valence-electron chi connectivity index (χ1n) is 19.5. The zero-order valence-corrected chi connectivity index (χ0v) is 31.3. The Hall–Kier alpha value is -4.24. The van der Waals surface area contributed by atoms with Crippen molar-refractivity contribution in [2.45, 2.75) is 76.5 Å². The maximum Gasteiger partial charge on any atom is 0.195 e. The van der Waals surface area contributed by atoms with Crippen molar-refractivity contribution < 1.29 is 23.4 Å². The van der Waals surface area contributed by atoms with E-state index in [0.717, 1.165) is 89.6 Å². The van der Waals surface area contributed by atoms with E-state index in [-0.39, 0.29) is 17.6 Å². The average Bonchev–Trinajstić information content (AvgIpc) is 3.87. The number of benzene rings is 4. The van der Waals surface area contributed by atoms with Crippen molar-refractivity contribution >= 4 is 27.2 Å². The number of ketones is 1. The highest BCUT2D eigenvalue weighted by molar-refractivity contribution is 7.22. The summed E-state index contributed by atoms with van der Waals surface area (Å²) in [5.41, 5.74) is 2.86. The second kappa shape index (κ2) is 16.8. The van der Waals surface area contributed by atoms with Gasteiger partial charge < -0.3 is 14.2 Å². The monoisotopic (exact) mass is 732 g/mol. The molecule has 8 heteroatoms. The van der Waals surface area contributed by atoms with Crippen LogP contribution in [0.4, 0.5) is 4.39 Å². The van der Waals surface area contributed by atoms with E-state index >= 15 is 4.39 Å². The Balaban J connectivity index is 1.05. The van der Waals surface area contributed by atoms with Crippen LogP contribution in [-0.4, -0.2) is 67.1 Å². The molecule has 0 amide bonds. The number of ether oxygens (including phenoxy) is 3.